The van der Waals surface area contributed by atoms with Gasteiger partial charge in [0.05, 0.1) is 6.61 Å². The molecule has 20 heavy (non-hydrogen) atoms. The molecule has 0 atom stereocenters. The van der Waals surface area contributed by atoms with E-state index in [9.17, 15) is 9.18 Å². The number of aromatic nitrogens is 1. The molecule has 104 valence electrons. The van der Waals surface area contributed by atoms with Crippen molar-refractivity contribution < 1.29 is 14.3 Å². The van der Waals surface area contributed by atoms with Gasteiger partial charge < -0.3 is 10.4 Å². The van der Waals surface area contributed by atoms with Crippen molar-refractivity contribution in [3.63, 3.8) is 0 Å². The molecule has 0 aliphatic rings. The van der Waals surface area contributed by atoms with Gasteiger partial charge in [-0.2, -0.15) is 0 Å². The van der Waals surface area contributed by atoms with E-state index in [0.717, 1.165) is 0 Å². The van der Waals surface area contributed by atoms with Crippen LogP contribution in [0.3, 0.4) is 0 Å². The number of hydrogen-bond acceptors (Lipinski definition) is 3. The van der Waals surface area contributed by atoms with Crippen LogP contribution >= 0.6 is 0 Å². The molecule has 0 aliphatic heterocycles. The maximum atomic E-state index is 13.4. The molecule has 0 bridgehead atoms. The van der Waals surface area contributed by atoms with E-state index in [1.54, 1.807) is 30.5 Å². The first kappa shape index (κ1) is 14.0. The summed E-state index contributed by atoms with van der Waals surface area (Å²) >= 11 is 0. The smallest absolute Gasteiger partial charge is 0.320 e. The molecular weight excluding hydrogens is 261 g/mol. The molecule has 1 aromatic carbocycles. The number of nitrogens with one attached hydrogen (secondary N) is 2. The summed E-state index contributed by atoms with van der Waals surface area (Å²) in [6.45, 7) is -0.166. The fourth-order valence-electron chi connectivity index (χ4n) is 1.61. The second-order valence-corrected chi connectivity index (χ2v) is 4.11. The van der Waals surface area contributed by atoms with Crippen molar-refractivity contribution in [1.82, 2.24) is 10.3 Å². The molecule has 0 unspecified atom stereocenters. The number of pyridine rings is 1. The molecule has 1 aromatic heterocycles. The Hall–Kier alpha value is -2.47. The average Bonchev–Trinajstić information content (AvgIpc) is 2.46. The van der Waals surface area contributed by atoms with E-state index < -0.39 is 11.8 Å². The van der Waals surface area contributed by atoms with E-state index in [4.69, 9.17) is 5.11 Å². The van der Waals surface area contributed by atoms with Crippen LogP contribution in [-0.2, 0) is 13.2 Å². The van der Waals surface area contributed by atoms with Gasteiger partial charge in [-0.3, -0.25) is 5.32 Å². The Bertz CT molecular complexity index is 590. The molecule has 6 heteroatoms. The summed E-state index contributed by atoms with van der Waals surface area (Å²) in [5.74, 6) is -0.0521. The molecule has 0 aliphatic carbocycles. The van der Waals surface area contributed by atoms with Crippen molar-refractivity contribution in [3.05, 3.63) is 59.5 Å². The standard InChI is InChI=1S/C14H14FN3O2/c15-12-7-10(4-5-11(12)9-19)8-17-14(20)18-13-3-1-2-6-16-13/h1-7,19H,8-9H2,(H2,16,17,18,20). The Morgan fingerprint density at radius 2 is 2.15 bits per heavy atom. The number of aliphatic hydroxyl groups excluding tert-OH is 1. The maximum Gasteiger partial charge on any atom is 0.320 e. The van der Waals surface area contributed by atoms with Crippen molar-refractivity contribution in [2.24, 2.45) is 0 Å². The first-order chi connectivity index (χ1) is 9.69. The second kappa shape index (κ2) is 6.63. The number of anilines is 1. The van der Waals surface area contributed by atoms with E-state index in [0.29, 0.717) is 11.4 Å². The molecule has 3 N–H and O–H groups in total. The van der Waals surface area contributed by atoms with Crippen LogP contribution < -0.4 is 10.6 Å². The van der Waals surface area contributed by atoms with Gasteiger partial charge in [0, 0.05) is 18.3 Å². The number of carbonyl (C=O) groups is 1. The van der Waals surface area contributed by atoms with Gasteiger partial charge in [0.25, 0.3) is 0 Å². The number of carbonyl (C=O) groups excluding carboxylic acids is 1. The van der Waals surface area contributed by atoms with Gasteiger partial charge in [-0.25, -0.2) is 14.2 Å². The van der Waals surface area contributed by atoms with Gasteiger partial charge in [0.1, 0.15) is 11.6 Å². The lowest BCUT2D eigenvalue weighted by Gasteiger charge is -2.08. The van der Waals surface area contributed by atoms with Crippen LogP contribution in [0.25, 0.3) is 0 Å². The minimum absolute atomic E-state index is 0.182. The first-order valence-electron chi connectivity index (χ1n) is 6.03. The van der Waals surface area contributed by atoms with Crippen LogP contribution in [0.15, 0.2) is 42.6 Å². The summed E-state index contributed by atoms with van der Waals surface area (Å²) in [4.78, 5) is 15.5. The van der Waals surface area contributed by atoms with Crippen LogP contribution in [-0.4, -0.2) is 16.1 Å². The summed E-state index contributed by atoms with van der Waals surface area (Å²) in [5, 5.41) is 14.0. The van der Waals surface area contributed by atoms with E-state index in [2.05, 4.69) is 15.6 Å². The Balaban J connectivity index is 1.89. The van der Waals surface area contributed by atoms with E-state index in [1.807, 2.05) is 0 Å². The molecule has 2 rings (SSSR count). The molecule has 0 saturated carbocycles. The van der Waals surface area contributed by atoms with Crippen molar-refractivity contribution >= 4 is 11.8 Å². The van der Waals surface area contributed by atoms with E-state index >= 15 is 0 Å². The van der Waals surface area contributed by atoms with Crippen molar-refractivity contribution in [1.29, 1.82) is 0 Å². The van der Waals surface area contributed by atoms with Crippen LogP contribution in [0, 0.1) is 5.82 Å². The summed E-state index contributed by atoms with van der Waals surface area (Å²) in [6, 6.07) is 9.16. The normalized spacial score (nSPS) is 10.1. The average molecular weight is 275 g/mol. The van der Waals surface area contributed by atoms with Gasteiger partial charge >= 0.3 is 6.03 Å². The number of halogens is 1. The van der Waals surface area contributed by atoms with E-state index in [-0.39, 0.29) is 18.7 Å². The summed E-state index contributed by atoms with van der Waals surface area (Å²) in [5.41, 5.74) is 0.836. The lowest BCUT2D eigenvalue weighted by molar-refractivity contribution is 0.251. The highest BCUT2D eigenvalue weighted by Gasteiger charge is 2.05. The number of urea groups is 1. The third-order valence-corrected chi connectivity index (χ3v) is 2.65. The molecule has 0 fully saturated rings. The quantitative estimate of drug-likeness (QED) is 0.799. The zero-order valence-corrected chi connectivity index (χ0v) is 10.6. The monoisotopic (exact) mass is 275 g/mol. The summed E-state index contributed by atoms with van der Waals surface area (Å²) in [7, 11) is 0. The molecule has 5 nitrogen and oxygen atoms in total. The van der Waals surface area contributed by atoms with Gasteiger partial charge in [0.2, 0.25) is 0 Å². The topological polar surface area (TPSA) is 74.2 Å². The largest absolute Gasteiger partial charge is 0.392 e. The Labute approximate surface area is 115 Å². The highest BCUT2D eigenvalue weighted by molar-refractivity contribution is 5.88. The van der Waals surface area contributed by atoms with Gasteiger partial charge in [0.15, 0.2) is 0 Å². The lowest BCUT2D eigenvalue weighted by Crippen LogP contribution is -2.28. The van der Waals surface area contributed by atoms with Gasteiger partial charge in [-0.15, -0.1) is 0 Å². The highest BCUT2D eigenvalue weighted by Crippen LogP contribution is 2.10. The SMILES string of the molecule is O=C(NCc1ccc(CO)c(F)c1)Nc1ccccn1. The number of rotatable bonds is 4. The van der Waals surface area contributed by atoms with E-state index in [1.165, 1.54) is 12.1 Å². The molecule has 0 saturated heterocycles. The van der Waals surface area contributed by atoms with Crippen LogP contribution in [0.1, 0.15) is 11.1 Å². The summed E-state index contributed by atoms with van der Waals surface area (Å²) < 4.78 is 13.4. The predicted octanol–water partition coefficient (Wildman–Crippen LogP) is 2.03. The minimum Gasteiger partial charge on any atom is -0.392 e. The Kier molecular flexibility index (Phi) is 4.62. The Morgan fingerprint density at radius 1 is 1.30 bits per heavy atom. The fourth-order valence-corrected chi connectivity index (χ4v) is 1.61. The summed E-state index contributed by atoms with van der Waals surface area (Å²) in [6.07, 6.45) is 1.57. The van der Waals surface area contributed by atoms with Crippen molar-refractivity contribution in [2.75, 3.05) is 5.32 Å². The Morgan fingerprint density at radius 3 is 2.80 bits per heavy atom. The highest BCUT2D eigenvalue weighted by atomic mass is 19.1. The third kappa shape index (κ3) is 3.76. The lowest BCUT2D eigenvalue weighted by atomic mass is 10.1. The molecule has 2 amide bonds. The first-order valence-corrected chi connectivity index (χ1v) is 6.03. The van der Waals surface area contributed by atoms with Crippen LogP contribution in [0.4, 0.5) is 15.0 Å². The number of aliphatic hydroxyl groups is 1. The van der Waals surface area contributed by atoms with Crippen LogP contribution in [0.2, 0.25) is 0 Å². The number of benzene rings is 1. The molecule has 0 radical (unpaired) electrons. The molecule has 1 heterocycles. The number of hydrogen-bond donors (Lipinski definition) is 3. The molecular formula is C14H14FN3O2. The second-order valence-electron chi connectivity index (χ2n) is 4.11. The third-order valence-electron chi connectivity index (χ3n) is 2.65. The maximum absolute atomic E-state index is 13.4. The van der Waals surface area contributed by atoms with Crippen molar-refractivity contribution in [3.8, 4) is 0 Å². The van der Waals surface area contributed by atoms with Gasteiger partial charge in [-0.1, -0.05) is 18.2 Å². The molecule has 2 aromatic rings. The zero-order chi connectivity index (χ0) is 14.4. The van der Waals surface area contributed by atoms with Crippen LogP contribution in [0.5, 0.6) is 0 Å². The zero-order valence-electron chi connectivity index (χ0n) is 10.6. The van der Waals surface area contributed by atoms with Crippen molar-refractivity contribution in [2.45, 2.75) is 13.2 Å². The molecule has 0 spiro atoms. The predicted molar refractivity (Wildman–Crippen MR) is 72.4 cm³/mol. The number of amides is 2. The fraction of sp³-hybridized carbons (Fsp3) is 0.143. The number of nitrogens with zero attached hydrogens (tertiary/aromatic N) is 1. The minimum atomic E-state index is -0.489. The van der Waals surface area contributed by atoms with Gasteiger partial charge in [-0.05, 0) is 23.8 Å².